The highest BCUT2D eigenvalue weighted by Crippen LogP contribution is 2.27. The summed E-state index contributed by atoms with van der Waals surface area (Å²) in [6.45, 7) is -0.326. The molecule has 0 spiro atoms. The molecule has 0 aliphatic carbocycles. The van der Waals surface area contributed by atoms with Crippen molar-refractivity contribution in [2.75, 3.05) is 6.61 Å². The van der Waals surface area contributed by atoms with E-state index in [0.29, 0.717) is 6.29 Å². The van der Waals surface area contributed by atoms with Gasteiger partial charge in [-0.15, -0.1) is 0 Å². The Hall–Kier alpha value is -1.57. The van der Waals surface area contributed by atoms with Gasteiger partial charge < -0.3 is 14.9 Å². The van der Waals surface area contributed by atoms with Gasteiger partial charge in [-0.2, -0.15) is 0 Å². The number of nitrogens with zero attached hydrogens (tertiary/aromatic N) is 2. The van der Waals surface area contributed by atoms with Crippen LogP contribution in [0.25, 0.3) is 0 Å². The minimum Gasteiger partial charge on any atom is -0.394 e. The highest BCUT2D eigenvalue weighted by atomic mass is 16.5. The van der Waals surface area contributed by atoms with E-state index >= 15 is 0 Å². The van der Waals surface area contributed by atoms with Crippen LogP contribution in [0.5, 0.6) is 0 Å². The van der Waals surface area contributed by atoms with Crippen molar-refractivity contribution in [1.29, 1.82) is 0 Å². The van der Waals surface area contributed by atoms with Crippen LogP contribution in [-0.2, 0) is 4.74 Å². The van der Waals surface area contributed by atoms with Crippen LogP contribution < -0.4 is 5.69 Å². The van der Waals surface area contributed by atoms with Gasteiger partial charge in [0.15, 0.2) is 6.29 Å². The molecule has 1 fully saturated rings. The monoisotopic (exact) mass is 240 g/mol. The van der Waals surface area contributed by atoms with Crippen LogP contribution in [0, 0.1) is 0 Å². The summed E-state index contributed by atoms with van der Waals surface area (Å²) >= 11 is 0. The first-order valence-corrected chi connectivity index (χ1v) is 5.13. The van der Waals surface area contributed by atoms with E-state index in [2.05, 4.69) is 4.98 Å². The van der Waals surface area contributed by atoms with Crippen molar-refractivity contribution in [3.05, 3.63) is 28.4 Å². The SMILES string of the molecule is O=Cc1cnc(=O)n([C@H]2C[C@H](O)[C@@H](CO)O2)c1. The van der Waals surface area contributed by atoms with E-state index in [-0.39, 0.29) is 18.6 Å². The van der Waals surface area contributed by atoms with Crippen molar-refractivity contribution in [1.82, 2.24) is 9.55 Å². The Kier molecular flexibility index (Phi) is 3.32. The molecule has 0 saturated carbocycles. The molecule has 1 aromatic heterocycles. The lowest BCUT2D eigenvalue weighted by molar-refractivity contribution is -0.0459. The van der Waals surface area contributed by atoms with Crippen LogP contribution in [0.2, 0.25) is 0 Å². The van der Waals surface area contributed by atoms with Gasteiger partial charge in [-0.3, -0.25) is 9.36 Å². The summed E-state index contributed by atoms with van der Waals surface area (Å²) in [4.78, 5) is 25.6. The quantitative estimate of drug-likeness (QED) is 0.636. The van der Waals surface area contributed by atoms with Crippen LogP contribution in [0.15, 0.2) is 17.2 Å². The van der Waals surface area contributed by atoms with Gasteiger partial charge in [-0.1, -0.05) is 0 Å². The average molecular weight is 240 g/mol. The van der Waals surface area contributed by atoms with Gasteiger partial charge in [0, 0.05) is 24.4 Å². The summed E-state index contributed by atoms with van der Waals surface area (Å²) in [6.07, 6.45) is 0.971. The summed E-state index contributed by atoms with van der Waals surface area (Å²) in [5.74, 6) is 0. The molecule has 0 radical (unpaired) electrons. The molecule has 3 atom stereocenters. The molecule has 2 heterocycles. The zero-order valence-corrected chi connectivity index (χ0v) is 8.89. The zero-order chi connectivity index (χ0) is 12.4. The molecular weight excluding hydrogens is 228 g/mol. The second kappa shape index (κ2) is 4.74. The number of aliphatic hydroxyl groups is 2. The molecule has 1 aliphatic heterocycles. The van der Waals surface area contributed by atoms with E-state index in [9.17, 15) is 14.7 Å². The van der Waals surface area contributed by atoms with Crippen LogP contribution in [-0.4, -0.2) is 44.9 Å². The van der Waals surface area contributed by atoms with E-state index in [0.717, 1.165) is 4.57 Å². The number of carbonyl (C=O) groups excluding carboxylic acids is 1. The molecule has 1 aliphatic rings. The van der Waals surface area contributed by atoms with E-state index < -0.39 is 24.1 Å². The molecule has 0 bridgehead atoms. The maximum absolute atomic E-state index is 11.5. The first-order chi connectivity index (χ1) is 8.15. The molecule has 2 rings (SSSR count). The van der Waals surface area contributed by atoms with Gasteiger partial charge in [0.1, 0.15) is 12.3 Å². The first-order valence-electron chi connectivity index (χ1n) is 5.13. The molecule has 0 amide bonds. The van der Waals surface area contributed by atoms with Gasteiger partial charge in [0.05, 0.1) is 12.7 Å². The third kappa shape index (κ3) is 2.26. The number of hydrogen-bond acceptors (Lipinski definition) is 6. The Morgan fingerprint density at radius 1 is 1.65 bits per heavy atom. The molecule has 0 aromatic carbocycles. The summed E-state index contributed by atoms with van der Waals surface area (Å²) in [7, 11) is 0. The molecule has 0 unspecified atom stereocenters. The number of rotatable bonds is 3. The molecule has 17 heavy (non-hydrogen) atoms. The lowest BCUT2D eigenvalue weighted by Crippen LogP contribution is -2.27. The Balaban J connectivity index is 2.29. The van der Waals surface area contributed by atoms with Crippen molar-refractivity contribution in [2.45, 2.75) is 24.9 Å². The smallest absolute Gasteiger partial charge is 0.349 e. The predicted octanol–water partition coefficient (Wildman–Crippen LogP) is -1.30. The number of aldehydes is 1. The van der Waals surface area contributed by atoms with Crippen molar-refractivity contribution in [2.24, 2.45) is 0 Å². The standard InChI is InChI=1S/C10H12N2O5/c13-4-6-2-11-10(16)12(3-6)9-1-7(15)8(5-14)17-9/h2-4,7-9,14-15H,1,5H2/t7-,8+,9+/m0/s1. The predicted molar refractivity (Wildman–Crippen MR) is 55.5 cm³/mol. The minimum atomic E-state index is -0.836. The van der Waals surface area contributed by atoms with Crippen molar-refractivity contribution in [3.63, 3.8) is 0 Å². The van der Waals surface area contributed by atoms with E-state index in [1.54, 1.807) is 0 Å². The highest BCUT2D eigenvalue weighted by Gasteiger charge is 2.34. The number of carbonyl (C=O) groups is 1. The number of aliphatic hydroxyl groups excluding tert-OH is 2. The largest absolute Gasteiger partial charge is 0.394 e. The molecular formula is C10H12N2O5. The third-order valence-corrected chi connectivity index (χ3v) is 2.66. The zero-order valence-electron chi connectivity index (χ0n) is 8.89. The minimum absolute atomic E-state index is 0.176. The summed E-state index contributed by atoms with van der Waals surface area (Å²) in [6, 6.07) is 0. The summed E-state index contributed by atoms with van der Waals surface area (Å²) in [5.41, 5.74) is -0.318. The number of aromatic nitrogens is 2. The normalized spacial score (nSPS) is 28.2. The van der Waals surface area contributed by atoms with Gasteiger partial charge in [-0.25, -0.2) is 9.78 Å². The van der Waals surface area contributed by atoms with Crippen LogP contribution >= 0.6 is 0 Å². The lowest BCUT2D eigenvalue weighted by Gasteiger charge is -2.14. The average Bonchev–Trinajstić information content (AvgIpc) is 2.71. The second-order valence-corrected chi connectivity index (χ2v) is 3.81. The Morgan fingerprint density at radius 2 is 2.41 bits per heavy atom. The molecule has 1 saturated heterocycles. The molecule has 2 N–H and O–H groups in total. The fourth-order valence-electron chi connectivity index (χ4n) is 1.76. The summed E-state index contributed by atoms with van der Waals surface area (Å²) in [5, 5.41) is 18.5. The fraction of sp³-hybridized carbons (Fsp3) is 0.500. The first kappa shape index (κ1) is 11.9. The van der Waals surface area contributed by atoms with Crippen molar-refractivity contribution in [3.8, 4) is 0 Å². The Labute approximate surface area is 96.3 Å². The number of ether oxygens (including phenoxy) is 1. The van der Waals surface area contributed by atoms with Gasteiger partial charge >= 0.3 is 5.69 Å². The number of hydrogen-bond donors (Lipinski definition) is 2. The Bertz CT molecular complexity index is 472. The highest BCUT2D eigenvalue weighted by molar-refractivity contribution is 5.73. The second-order valence-electron chi connectivity index (χ2n) is 3.81. The Morgan fingerprint density at radius 3 is 3.00 bits per heavy atom. The molecule has 92 valence electrons. The molecule has 1 aromatic rings. The third-order valence-electron chi connectivity index (χ3n) is 2.66. The van der Waals surface area contributed by atoms with E-state index in [1.807, 2.05) is 0 Å². The van der Waals surface area contributed by atoms with Gasteiger partial charge in [-0.05, 0) is 0 Å². The van der Waals surface area contributed by atoms with Crippen LogP contribution in [0.4, 0.5) is 0 Å². The van der Waals surface area contributed by atoms with E-state index in [4.69, 9.17) is 9.84 Å². The topological polar surface area (TPSA) is 102 Å². The van der Waals surface area contributed by atoms with Crippen molar-refractivity contribution >= 4 is 6.29 Å². The summed E-state index contributed by atoms with van der Waals surface area (Å²) < 4.78 is 6.44. The van der Waals surface area contributed by atoms with E-state index in [1.165, 1.54) is 12.4 Å². The molecule has 7 nitrogen and oxygen atoms in total. The molecule has 7 heteroatoms. The van der Waals surface area contributed by atoms with Crippen molar-refractivity contribution < 1.29 is 19.7 Å². The van der Waals surface area contributed by atoms with Crippen LogP contribution in [0.3, 0.4) is 0 Å². The van der Waals surface area contributed by atoms with Gasteiger partial charge in [0.2, 0.25) is 0 Å². The maximum atomic E-state index is 11.5. The fourth-order valence-corrected chi connectivity index (χ4v) is 1.76. The maximum Gasteiger partial charge on any atom is 0.349 e. The lowest BCUT2D eigenvalue weighted by atomic mass is 10.2. The van der Waals surface area contributed by atoms with Crippen LogP contribution in [0.1, 0.15) is 23.0 Å². The van der Waals surface area contributed by atoms with Gasteiger partial charge in [0.25, 0.3) is 0 Å².